The maximum absolute atomic E-state index is 8.86. The number of aryl methyl sites for hydroxylation is 1. The lowest BCUT2D eigenvalue weighted by Gasteiger charge is -2.10. The van der Waals surface area contributed by atoms with E-state index in [1.807, 2.05) is 12.1 Å². The average molecular weight is 287 g/mol. The number of fused-ring (bicyclic) bond motifs is 1. The molecule has 0 fully saturated rings. The van der Waals surface area contributed by atoms with Gasteiger partial charge in [-0.15, -0.1) is 0 Å². The largest absolute Gasteiger partial charge is 0.493 e. The smallest absolute Gasteiger partial charge is 0.163 e. The molecule has 0 spiro atoms. The molecule has 1 aromatic heterocycles. The van der Waals surface area contributed by atoms with Crippen LogP contribution in [0.1, 0.15) is 26.1 Å². The lowest BCUT2D eigenvalue weighted by molar-refractivity contribution is 0.355. The molecule has 0 amide bonds. The summed E-state index contributed by atoms with van der Waals surface area (Å²) in [4.78, 5) is 4.71. The molecular formula is C16H21N3O2. The van der Waals surface area contributed by atoms with Crippen LogP contribution >= 0.6 is 0 Å². The minimum absolute atomic E-state index is 0.463. The van der Waals surface area contributed by atoms with Gasteiger partial charge in [-0.05, 0) is 5.92 Å². The fraction of sp³-hybridized carbons (Fsp3) is 0.500. The number of benzene rings is 1. The maximum atomic E-state index is 8.86. The number of ether oxygens (including phenoxy) is 2. The van der Waals surface area contributed by atoms with Crippen LogP contribution in [0.25, 0.3) is 11.0 Å². The Kier molecular flexibility index (Phi) is 4.69. The highest BCUT2D eigenvalue weighted by molar-refractivity contribution is 5.80. The summed E-state index contributed by atoms with van der Waals surface area (Å²) in [5.74, 6) is 2.86. The van der Waals surface area contributed by atoms with Gasteiger partial charge in [-0.2, -0.15) is 5.26 Å². The van der Waals surface area contributed by atoms with Crippen LogP contribution in [0.4, 0.5) is 0 Å². The van der Waals surface area contributed by atoms with Crippen molar-refractivity contribution in [2.45, 2.75) is 33.2 Å². The Morgan fingerprint density at radius 3 is 2.48 bits per heavy atom. The molecule has 0 unspecified atom stereocenters. The molecule has 2 rings (SSSR count). The van der Waals surface area contributed by atoms with Crippen LogP contribution < -0.4 is 9.47 Å². The molecule has 0 aliphatic heterocycles. The van der Waals surface area contributed by atoms with Crippen molar-refractivity contribution >= 4 is 11.0 Å². The molecule has 0 radical (unpaired) electrons. The number of imidazole rings is 1. The van der Waals surface area contributed by atoms with Gasteiger partial charge in [0.25, 0.3) is 0 Å². The van der Waals surface area contributed by atoms with E-state index in [1.165, 1.54) is 0 Å². The van der Waals surface area contributed by atoms with Gasteiger partial charge in [-0.3, -0.25) is 0 Å². The number of rotatable bonds is 6. The van der Waals surface area contributed by atoms with E-state index in [2.05, 4.69) is 24.5 Å². The third-order valence-corrected chi connectivity index (χ3v) is 3.37. The van der Waals surface area contributed by atoms with Crippen molar-refractivity contribution in [3.63, 3.8) is 0 Å². The minimum Gasteiger partial charge on any atom is -0.493 e. The summed E-state index contributed by atoms with van der Waals surface area (Å²) in [6.07, 6.45) is 1.34. The van der Waals surface area contributed by atoms with Crippen molar-refractivity contribution in [2.24, 2.45) is 5.92 Å². The SMILES string of the molecule is COc1cc2nc(CC(C)C)n(CCC#N)c2cc1OC. The number of hydrogen-bond donors (Lipinski definition) is 0. The van der Waals surface area contributed by atoms with E-state index in [9.17, 15) is 0 Å². The van der Waals surface area contributed by atoms with Crippen LogP contribution in [-0.4, -0.2) is 23.8 Å². The third kappa shape index (κ3) is 3.10. The summed E-state index contributed by atoms with van der Waals surface area (Å²) in [5, 5.41) is 8.86. The van der Waals surface area contributed by atoms with Gasteiger partial charge in [0.05, 0.1) is 37.7 Å². The summed E-state index contributed by atoms with van der Waals surface area (Å²) >= 11 is 0. The van der Waals surface area contributed by atoms with Crippen molar-refractivity contribution in [3.8, 4) is 17.6 Å². The Bertz CT molecular complexity index is 668. The zero-order chi connectivity index (χ0) is 15.4. The quantitative estimate of drug-likeness (QED) is 0.818. The van der Waals surface area contributed by atoms with Gasteiger partial charge in [0.1, 0.15) is 5.82 Å². The predicted molar refractivity (Wildman–Crippen MR) is 81.6 cm³/mol. The van der Waals surface area contributed by atoms with Gasteiger partial charge in [0.2, 0.25) is 0 Å². The van der Waals surface area contributed by atoms with E-state index in [1.54, 1.807) is 14.2 Å². The summed E-state index contributed by atoms with van der Waals surface area (Å²) in [6, 6.07) is 6.02. The fourth-order valence-electron chi connectivity index (χ4n) is 2.43. The van der Waals surface area contributed by atoms with Gasteiger partial charge in [-0.1, -0.05) is 13.8 Å². The standard InChI is InChI=1S/C16H21N3O2/c1-11(2)8-16-18-12-9-14(20-3)15(21-4)10-13(12)19(16)7-5-6-17/h9-11H,5,7-8H2,1-4H3. The average Bonchev–Trinajstić information content (AvgIpc) is 2.78. The first kappa shape index (κ1) is 15.2. The summed E-state index contributed by atoms with van der Waals surface area (Å²) in [6.45, 7) is 4.97. The van der Waals surface area contributed by atoms with Crippen molar-refractivity contribution in [2.75, 3.05) is 14.2 Å². The molecule has 0 aliphatic carbocycles. The molecule has 5 heteroatoms. The molecule has 1 aromatic carbocycles. The van der Waals surface area contributed by atoms with Crippen LogP contribution in [0.5, 0.6) is 11.5 Å². The fourth-order valence-corrected chi connectivity index (χ4v) is 2.43. The zero-order valence-electron chi connectivity index (χ0n) is 13.0. The van der Waals surface area contributed by atoms with Crippen LogP contribution in [0.2, 0.25) is 0 Å². The topological polar surface area (TPSA) is 60.1 Å². The van der Waals surface area contributed by atoms with Crippen molar-refractivity contribution in [1.82, 2.24) is 9.55 Å². The molecule has 0 saturated carbocycles. The molecule has 0 bridgehead atoms. The summed E-state index contributed by atoms with van der Waals surface area (Å²) in [5.41, 5.74) is 1.86. The van der Waals surface area contributed by atoms with Crippen LogP contribution in [0.15, 0.2) is 12.1 Å². The highest BCUT2D eigenvalue weighted by Gasteiger charge is 2.15. The molecule has 0 aliphatic rings. The molecule has 2 aromatic rings. The van der Waals surface area contributed by atoms with E-state index in [0.29, 0.717) is 30.4 Å². The molecule has 112 valence electrons. The Hall–Kier alpha value is -2.22. The number of aromatic nitrogens is 2. The maximum Gasteiger partial charge on any atom is 0.163 e. The van der Waals surface area contributed by atoms with E-state index in [-0.39, 0.29) is 0 Å². The van der Waals surface area contributed by atoms with Crippen molar-refractivity contribution < 1.29 is 9.47 Å². The zero-order valence-corrected chi connectivity index (χ0v) is 13.0. The number of nitriles is 1. The summed E-state index contributed by atoms with van der Waals surface area (Å²) < 4.78 is 12.8. The summed E-state index contributed by atoms with van der Waals surface area (Å²) in [7, 11) is 3.24. The van der Waals surface area contributed by atoms with E-state index >= 15 is 0 Å². The molecule has 0 saturated heterocycles. The second-order valence-corrected chi connectivity index (χ2v) is 5.38. The van der Waals surface area contributed by atoms with Crippen LogP contribution in [0.3, 0.4) is 0 Å². The number of hydrogen-bond acceptors (Lipinski definition) is 4. The Balaban J connectivity index is 2.59. The molecular weight excluding hydrogens is 266 g/mol. The molecule has 0 N–H and O–H groups in total. The van der Waals surface area contributed by atoms with Gasteiger partial charge >= 0.3 is 0 Å². The van der Waals surface area contributed by atoms with E-state index in [0.717, 1.165) is 23.3 Å². The Morgan fingerprint density at radius 1 is 1.24 bits per heavy atom. The van der Waals surface area contributed by atoms with E-state index < -0.39 is 0 Å². The van der Waals surface area contributed by atoms with Gasteiger partial charge in [-0.25, -0.2) is 4.98 Å². The highest BCUT2D eigenvalue weighted by atomic mass is 16.5. The van der Waals surface area contributed by atoms with Crippen LogP contribution in [-0.2, 0) is 13.0 Å². The van der Waals surface area contributed by atoms with Crippen molar-refractivity contribution in [3.05, 3.63) is 18.0 Å². The van der Waals surface area contributed by atoms with Crippen molar-refractivity contribution in [1.29, 1.82) is 5.26 Å². The first-order valence-corrected chi connectivity index (χ1v) is 7.08. The van der Waals surface area contributed by atoms with Gasteiger partial charge < -0.3 is 14.0 Å². The third-order valence-electron chi connectivity index (χ3n) is 3.37. The molecule has 5 nitrogen and oxygen atoms in total. The second kappa shape index (κ2) is 6.49. The Morgan fingerprint density at radius 2 is 1.90 bits per heavy atom. The highest BCUT2D eigenvalue weighted by Crippen LogP contribution is 2.32. The number of methoxy groups -OCH3 is 2. The van der Waals surface area contributed by atoms with Crippen LogP contribution in [0, 0.1) is 17.2 Å². The molecule has 21 heavy (non-hydrogen) atoms. The minimum atomic E-state index is 0.463. The monoisotopic (exact) mass is 287 g/mol. The number of nitrogens with zero attached hydrogens (tertiary/aromatic N) is 3. The Labute approximate surface area is 125 Å². The first-order chi connectivity index (χ1) is 10.1. The first-order valence-electron chi connectivity index (χ1n) is 7.08. The molecule has 0 atom stereocenters. The predicted octanol–water partition coefficient (Wildman–Crippen LogP) is 3.17. The second-order valence-electron chi connectivity index (χ2n) is 5.38. The normalized spacial score (nSPS) is 10.9. The lowest BCUT2D eigenvalue weighted by Crippen LogP contribution is -2.07. The van der Waals surface area contributed by atoms with Gasteiger partial charge in [0.15, 0.2) is 11.5 Å². The molecule has 1 heterocycles. The van der Waals surface area contributed by atoms with E-state index in [4.69, 9.17) is 19.7 Å². The lowest BCUT2D eigenvalue weighted by atomic mass is 10.1. The van der Waals surface area contributed by atoms with Gasteiger partial charge in [0, 0.05) is 25.1 Å².